The Morgan fingerprint density at radius 2 is 1.07 bits per heavy atom. The first-order chi connectivity index (χ1) is 13.6. The Labute approximate surface area is 166 Å². The van der Waals surface area contributed by atoms with E-state index in [0.29, 0.717) is 45.4 Å². The summed E-state index contributed by atoms with van der Waals surface area (Å²) in [6, 6.07) is 0. The summed E-state index contributed by atoms with van der Waals surface area (Å²) in [4.78, 5) is 43.0. The number of ether oxygens (including phenoxy) is 3. The van der Waals surface area contributed by atoms with Crippen LogP contribution in [0.25, 0.3) is 0 Å². The predicted octanol–water partition coefficient (Wildman–Crippen LogP) is 3.13. The second-order valence-corrected chi connectivity index (χ2v) is 6.65. The fourth-order valence-electron chi connectivity index (χ4n) is 2.76. The van der Waals surface area contributed by atoms with Crippen molar-refractivity contribution in [3.63, 3.8) is 0 Å². The summed E-state index contributed by atoms with van der Waals surface area (Å²) in [5.41, 5.74) is 0. The van der Waals surface area contributed by atoms with Gasteiger partial charge in [-0.05, 0) is 25.7 Å². The van der Waals surface area contributed by atoms with Gasteiger partial charge in [0.05, 0.1) is 19.8 Å². The van der Waals surface area contributed by atoms with Crippen LogP contribution in [0.2, 0.25) is 0 Å². The van der Waals surface area contributed by atoms with Gasteiger partial charge in [-0.25, -0.2) is 9.90 Å². The molecule has 0 N–H and O–H groups in total. The summed E-state index contributed by atoms with van der Waals surface area (Å²) in [6.45, 7) is 1.89. The molecular weight excluding hydrogens is 368 g/mol. The number of hydrogen-bond acceptors (Lipinski definition) is 7. The average Bonchev–Trinajstić information content (AvgIpc) is 2.67. The summed E-state index contributed by atoms with van der Waals surface area (Å²) < 4.78 is 14.3. The average molecular weight is 401 g/mol. The van der Waals surface area contributed by atoms with Crippen molar-refractivity contribution in [1.29, 1.82) is 0 Å². The molecule has 1 unspecified atom stereocenters. The second-order valence-electron chi connectivity index (χ2n) is 6.65. The van der Waals surface area contributed by atoms with Gasteiger partial charge in [-0.2, -0.15) is 0 Å². The Hall–Kier alpha value is -2.12. The fourth-order valence-corrected chi connectivity index (χ4v) is 2.76. The Morgan fingerprint density at radius 1 is 0.643 bits per heavy atom. The third-order valence-electron chi connectivity index (χ3n) is 4.36. The largest absolute Gasteiger partial charge is 0.468 e. The molecule has 28 heavy (non-hydrogen) atoms. The molecule has 0 aliphatic rings. The highest BCUT2D eigenvalue weighted by Gasteiger charge is 2.28. The molecule has 8 nitrogen and oxygen atoms in total. The first kappa shape index (κ1) is 25.9. The van der Waals surface area contributed by atoms with Crippen LogP contribution in [0.15, 0.2) is 0 Å². The van der Waals surface area contributed by atoms with Crippen LogP contribution in [-0.4, -0.2) is 44.7 Å². The number of rotatable bonds is 21. The van der Waals surface area contributed by atoms with Gasteiger partial charge in [0, 0.05) is 0 Å². The van der Waals surface area contributed by atoms with E-state index in [4.69, 9.17) is 4.74 Å². The van der Waals surface area contributed by atoms with E-state index in [2.05, 4.69) is 9.47 Å². The summed E-state index contributed by atoms with van der Waals surface area (Å²) in [5.74, 6) is -3.34. The summed E-state index contributed by atoms with van der Waals surface area (Å²) in [5, 5.41) is 11.1. The van der Waals surface area contributed by atoms with E-state index in [-0.39, 0.29) is 13.0 Å². The van der Waals surface area contributed by atoms with E-state index < -0.39 is 17.9 Å². The minimum atomic E-state index is -1.40. The highest BCUT2D eigenvalue weighted by Crippen LogP contribution is 2.14. The Morgan fingerprint density at radius 3 is 1.54 bits per heavy atom. The van der Waals surface area contributed by atoms with Crippen LogP contribution in [0.3, 0.4) is 0 Å². The van der Waals surface area contributed by atoms with E-state index in [1.54, 1.807) is 0 Å². The molecule has 0 heterocycles. The number of unbranched alkanes of at least 4 members (excludes halogenated alkanes) is 9. The molecule has 0 saturated heterocycles. The van der Waals surface area contributed by atoms with E-state index in [1.807, 2.05) is 0 Å². The van der Waals surface area contributed by atoms with Gasteiger partial charge in [0.15, 0.2) is 5.92 Å². The molecule has 0 aromatic rings. The standard InChI is InChI=1S/C20H33O8/c21-16-26-13-9-5-2-1-3-6-11-15-28-20(25)18(19(23)24)12-8-4-7-10-14-27-17-22/h16-18H,1-15H2. The Balaban J connectivity index is 3.66. The molecule has 0 aliphatic carbocycles. The minimum absolute atomic E-state index is 0.198. The zero-order valence-corrected chi connectivity index (χ0v) is 16.6. The van der Waals surface area contributed by atoms with Crippen molar-refractivity contribution in [2.75, 3.05) is 19.8 Å². The van der Waals surface area contributed by atoms with E-state index in [9.17, 15) is 24.3 Å². The van der Waals surface area contributed by atoms with Crippen LogP contribution < -0.4 is 0 Å². The molecule has 161 valence electrons. The van der Waals surface area contributed by atoms with Crippen molar-refractivity contribution in [2.24, 2.45) is 5.92 Å². The van der Waals surface area contributed by atoms with Crippen molar-refractivity contribution in [1.82, 2.24) is 0 Å². The molecule has 0 spiro atoms. The van der Waals surface area contributed by atoms with Gasteiger partial charge < -0.3 is 14.2 Å². The van der Waals surface area contributed by atoms with Gasteiger partial charge in [0.2, 0.25) is 0 Å². The van der Waals surface area contributed by atoms with Crippen molar-refractivity contribution < 1.29 is 38.5 Å². The summed E-state index contributed by atoms with van der Waals surface area (Å²) in [6.07, 6.45) is 9.69. The third kappa shape index (κ3) is 16.1. The quantitative estimate of drug-likeness (QED) is 0.0953. The summed E-state index contributed by atoms with van der Waals surface area (Å²) in [7, 11) is 0. The van der Waals surface area contributed by atoms with Gasteiger partial charge in [-0.15, -0.1) is 0 Å². The van der Waals surface area contributed by atoms with Crippen LogP contribution in [0.1, 0.15) is 77.0 Å². The van der Waals surface area contributed by atoms with E-state index in [1.165, 1.54) is 0 Å². The Kier molecular flexibility index (Phi) is 18.1. The minimum Gasteiger partial charge on any atom is -0.468 e. The maximum Gasteiger partial charge on any atom is 0.369 e. The van der Waals surface area contributed by atoms with Crippen LogP contribution in [0.4, 0.5) is 0 Å². The number of esters is 1. The van der Waals surface area contributed by atoms with Crippen LogP contribution in [0, 0.1) is 5.92 Å². The topological polar surface area (TPSA) is 116 Å². The molecule has 0 aromatic heterocycles. The lowest BCUT2D eigenvalue weighted by Gasteiger charge is -2.11. The smallest absolute Gasteiger partial charge is 0.369 e. The Bertz CT molecular complexity index is 424. The molecule has 0 saturated carbocycles. The maximum absolute atomic E-state index is 11.9. The molecule has 1 radical (unpaired) electrons. The first-order valence-electron chi connectivity index (χ1n) is 10.1. The molecule has 0 aromatic carbocycles. The van der Waals surface area contributed by atoms with Gasteiger partial charge in [-0.1, -0.05) is 51.4 Å². The second kappa shape index (κ2) is 19.6. The molecule has 0 fully saturated rings. The van der Waals surface area contributed by atoms with Gasteiger partial charge in [0.25, 0.3) is 12.9 Å². The van der Waals surface area contributed by atoms with Gasteiger partial charge in [-0.3, -0.25) is 14.4 Å². The van der Waals surface area contributed by atoms with Gasteiger partial charge in [0.1, 0.15) is 0 Å². The predicted molar refractivity (Wildman–Crippen MR) is 99.6 cm³/mol. The van der Waals surface area contributed by atoms with Crippen molar-refractivity contribution in [3.05, 3.63) is 0 Å². The lowest BCUT2D eigenvalue weighted by Crippen LogP contribution is -2.25. The molecule has 0 aliphatic heterocycles. The van der Waals surface area contributed by atoms with E-state index >= 15 is 0 Å². The molecule has 8 heteroatoms. The SMILES string of the molecule is [O]C(=O)C(CCCCCCOC=O)C(=O)OCCCCCCCCCOC=O. The lowest BCUT2D eigenvalue weighted by molar-refractivity contribution is -0.162. The third-order valence-corrected chi connectivity index (χ3v) is 4.36. The first-order valence-corrected chi connectivity index (χ1v) is 10.1. The molecular formula is C20H33O8. The number of carbonyl (C=O) groups is 4. The normalized spacial score (nSPS) is 11.4. The highest BCUT2D eigenvalue weighted by molar-refractivity contribution is 5.93. The van der Waals surface area contributed by atoms with E-state index in [0.717, 1.165) is 51.4 Å². The number of carbonyl (C=O) groups excluding carboxylic acids is 4. The van der Waals surface area contributed by atoms with Gasteiger partial charge >= 0.3 is 11.9 Å². The monoisotopic (exact) mass is 401 g/mol. The van der Waals surface area contributed by atoms with Crippen molar-refractivity contribution in [3.8, 4) is 0 Å². The van der Waals surface area contributed by atoms with Crippen LogP contribution in [0.5, 0.6) is 0 Å². The zero-order chi connectivity index (χ0) is 20.9. The zero-order valence-electron chi connectivity index (χ0n) is 16.6. The van der Waals surface area contributed by atoms with Crippen molar-refractivity contribution >= 4 is 24.9 Å². The molecule has 0 bridgehead atoms. The summed E-state index contributed by atoms with van der Waals surface area (Å²) >= 11 is 0. The molecule has 0 amide bonds. The maximum atomic E-state index is 11.9. The lowest BCUT2D eigenvalue weighted by atomic mass is 10.0. The van der Waals surface area contributed by atoms with Crippen LogP contribution in [-0.2, 0) is 38.5 Å². The van der Waals surface area contributed by atoms with Crippen LogP contribution >= 0.6 is 0 Å². The molecule has 1 atom stereocenters. The number of hydrogen-bond donors (Lipinski definition) is 0. The van der Waals surface area contributed by atoms with Crippen molar-refractivity contribution in [2.45, 2.75) is 77.0 Å². The fraction of sp³-hybridized carbons (Fsp3) is 0.800. The molecule has 0 rings (SSSR count). The highest BCUT2D eigenvalue weighted by atomic mass is 16.5.